The van der Waals surface area contributed by atoms with Crippen molar-refractivity contribution in [2.24, 2.45) is 0 Å². The van der Waals surface area contributed by atoms with Gasteiger partial charge in [0.1, 0.15) is 17.5 Å². The Bertz CT molecular complexity index is 827. The quantitative estimate of drug-likeness (QED) is 0.644. The normalized spacial score (nSPS) is 15.4. The van der Waals surface area contributed by atoms with Crippen molar-refractivity contribution in [3.8, 4) is 17.6 Å². The summed E-state index contributed by atoms with van der Waals surface area (Å²) in [6.07, 6.45) is 1.17. The standard InChI is InChI=1S/C23H27N3O3/c1-28-21-10-5-7-19(17-21)22(18-24)25-12-14-26(15-13-25)23(27)11-6-16-29-20-8-3-2-4-9-20/h2-5,7-10,17,22H,6,11-16H2,1H3. The zero-order valence-corrected chi connectivity index (χ0v) is 16.8. The van der Waals surface area contributed by atoms with Crippen LogP contribution < -0.4 is 9.47 Å². The van der Waals surface area contributed by atoms with Crippen molar-refractivity contribution >= 4 is 5.91 Å². The minimum absolute atomic E-state index is 0.149. The van der Waals surface area contributed by atoms with Gasteiger partial charge in [-0.2, -0.15) is 5.26 Å². The van der Waals surface area contributed by atoms with Crippen molar-refractivity contribution in [2.45, 2.75) is 18.9 Å². The Balaban J connectivity index is 1.44. The molecule has 1 amide bonds. The minimum atomic E-state index is -0.332. The van der Waals surface area contributed by atoms with Crippen molar-refractivity contribution < 1.29 is 14.3 Å². The molecule has 6 heteroatoms. The van der Waals surface area contributed by atoms with Gasteiger partial charge in [0, 0.05) is 32.6 Å². The molecule has 1 unspecified atom stereocenters. The predicted octanol–water partition coefficient (Wildman–Crippen LogP) is 3.26. The highest BCUT2D eigenvalue weighted by atomic mass is 16.5. The lowest BCUT2D eigenvalue weighted by molar-refractivity contribution is -0.133. The van der Waals surface area contributed by atoms with E-state index in [9.17, 15) is 10.1 Å². The summed E-state index contributed by atoms with van der Waals surface area (Å²) in [5, 5.41) is 9.68. The van der Waals surface area contributed by atoms with Gasteiger partial charge in [0.05, 0.1) is 19.8 Å². The van der Waals surface area contributed by atoms with Crippen molar-refractivity contribution in [3.63, 3.8) is 0 Å². The van der Waals surface area contributed by atoms with Gasteiger partial charge >= 0.3 is 0 Å². The van der Waals surface area contributed by atoms with Crippen molar-refractivity contribution in [3.05, 3.63) is 60.2 Å². The van der Waals surface area contributed by atoms with Crippen LogP contribution in [-0.2, 0) is 4.79 Å². The number of carbonyl (C=O) groups is 1. The molecule has 6 nitrogen and oxygen atoms in total. The molecule has 1 heterocycles. The molecular formula is C23H27N3O3. The zero-order chi connectivity index (χ0) is 20.5. The SMILES string of the molecule is COc1cccc(C(C#N)N2CCN(C(=O)CCCOc3ccccc3)CC2)c1. The summed E-state index contributed by atoms with van der Waals surface area (Å²) in [6, 6.07) is 19.3. The lowest BCUT2D eigenvalue weighted by Crippen LogP contribution is -2.49. The average molecular weight is 393 g/mol. The number of hydrogen-bond acceptors (Lipinski definition) is 5. The highest BCUT2D eigenvalue weighted by molar-refractivity contribution is 5.76. The Labute approximate surface area is 172 Å². The number of para-hydroxylation sites is 1. The van der Waals surface area contributed by atoms with E-state index >= 15 is 0 Å². The molecule has 2 aromatic carbocycles. The maximum Gasteiger partial charge on any atom is 0.222 e. The van der Waals surface area contributed by atoms with E-state index in [0.717, 1.165) is 17.1 Å². The number of ether oxygens (including phenoxy) is 2. The Morgan fingerprint density at radius 3 is 2.48 bits per heavy atom. The second kappa shape index (κ2) is 10.5. The molecule has 1 aliphatic heterocycles. The third-order valence-electron chi connectivity index (χ3n) is 5.11. The van der Waals surface area contributed by atoms with Crippen LogP contribution in [-0.4, -0.2) is 55.6 Å². The third kappa shape index (κ3) is 5.72. The molecule has 1 saturated heterocycles. The Morgan fingerprint density at radius 2 is 1.79 bits per heavy atom. The number of hydrogen-bond donors (Lipinski definition) is 0. The molecule has 0 spiro atoms. The van der Waals surface area contributed by atoms with Crippen molar-refractivity contribution in [1.29, 1.82) is 5.26 Å². The lowest BCUT2D eigenvalue weighted by Gasteiger charge is -2.37. The molecule has 0 saturated carbocycles. The molecule has 3 rings (SSSR count). The molecule has 0 N–H and O–H groups in total. The van der Waals surface area contributed by atoms with Crippen molar-refractivity contribution in [1.82, 2.24) is 9.80 Å². The number of nitrogens with zero attached hydrogens (tertiary/aromatic N) is 3. The van der Waals surface area contributed by atoms with Crippen LogP contribution in [0.2, 0.25) is 0 Å². The maximum absolute atomic E-state index is 12.5. The third-order valence-corrected chi connectivity index (χ3v) is 5.11. The highest BCUT2D eigenvalue weighted by Crippen LogP contribution is 2.25. The van der Waals surface area contributed by atoms with Gasteiger partial charge in [-0.25, -0.2) is 0 Å². The molecule has 1 fully saturated rings. The number of nitriles is 1. The second-order valence-corrected chi connectivity index (χ2v) is 6.99. The Morgan fingerprint density at radius 1 is 1.07 bits per heavy atom. The van der Waals surface area contributed by atoms with Crippen molar-refractivity contribution in [2.75, 3.05) is 39.9 Å². The van der Waals surface area contributed by atoms with Gasteiger partial charge < -0.3 is 14.4 Å². The van der Waals surface area contributed by atoms with Gasteiger partial charge in [0.25, 0.3) is 0 Å². The smallest absolute Gasteiger partial charge is 0.222 e. The van der Waals surface area contributed by atoms with E-state index in [4.69, 9.17) is 9.47 Å². The summed E-state index contributed by atoms with van der Waals surface area (Å²) in [5.41, 5.74) is 0.921. The first-order valence-electron chi connectivity index (χ1n) is 9.94. The van der Waals surface area contributed by atoms with E-state index in [1.54, 1.807) is 7.11 Å². The zero-order valence-electron chi connectivity index (χ0n) is 16.8. The van der Waals surface area contributed by atoms with E-state index in [1.807, 2.05) is 59.5 Å². The number of rotatable bonds is 8. The lowest BCUT2D eigenvalue weighted by atomic mass is 10.1. The highest BCUT2D eigenvalue weighted by Gasteiger charge is 2.27. The van der Waals surface area contributed by atoms with Crippen LogP contribution in [0, 0.1) is 11.3 Å². The first-order chi connectivity index (χ1) is 14.2. The summed E-state index contributed by atoms with van der Waals surface area (Å²) in [6.45, 7) is 3.17. The van der Waals surface area contributed by atoms with Gasteiger partial charge in [-0.1, -0.05) is 30.3 Å². The first kappa shape index (κ1) is 20.7. The van der Waals surface area contributed by atoms with Gasteiger partial charge in [0.15, 0.2) is 0 Å². The van der Waals surface area contributed by atoms with Gasteiger partial charge in [0.2, 0.25) is 5.91 Å². The minimum Gasteiger partial charge on any atom is -0.497 e. The number of amides is 1. The van der Waals surface area contributed by atoms with Crippen LogP contribution in [0.5, 0.6) is 11.5 Å². The molecule has 0 radical (unpaired) electrons. The van der Waals surface area contributed by atoms with E-state index in [-0.39, 0.29) is 11.9 Å². The Hall–Kier alpha value is -3.04. The van der Waals surface area contributed by atoms with Gasteiger partial charge in [-0.3, -0.25) is 9.69 Å². The first-order valence-corrected chi connectivity index (χ1v) is 9.94. The van der Waals surface area contributed by atoms with E-state index in [0.29, 0.717) is 45.6 Å². The fourth-order valence-electron chi connectivity index (χ4n) is 3.50. The van der Waals surface area contributed by atoms with Crippen LogP contribution in [0.15, 0.2) is 54.6 Å². The van der Waals surface area contributed by atoms with Crippen LogP contribution in [0.25, 0.3) is 0 Å². The average Bonchev–Trinajstić information content (AvgIpc) is 2.78. The number of benzene rings is 2. The van der Waals surface area contributed by atoms with Crippen LogP contribution >= 0.6 is 0 Å². The summed E-state index contributed by atoms with van der Waals surface area (Å²) in [4.78, 5) is 16.5. The second-order valence-electron chi connectivity index (χ2n) is 6.99. The molecule has 0 aliphatic carbocycles. The fourth-order valence-corrected chi connectivity index (χ4v) is 3.50. The molecule has 0 bridgehead atoms. The molecule has 29 heavy (non-hydrogen) atoms. The summed E-state index contributed by atoms with van der Waals surface area (Å²) < 4.78 is 10.9. The monoisotopic (exact) mass is 393 g/mol. The molecule has 1 atom stereocenters. The maximum atomic E-state index is 12.5. The van der Waals surface area contributed by atoms with Gasteiger partial charge in [-0.05, 0) is 36.2 Å². The van der Waals surface area contributed by atoms with Crippen LogP contribution in [0.1, 0.15) is 24.4 Å². The molecule has 2 aromatic rings. The largest absolute Gasteiger partial charge is 0.497 e. The molecule has 1 aliphatic rings. The summed E-state index contributed by atoms with van der Waals surface area (Å²) in [5.74, 6) is 1.72. The number of piperazine rings is 1. The van der Waals surface area contributed by atoms with Gasteiger partial charge in [-0.15, -0.1) is 0 Å². The Kier molecular flexibility index (Phi) is 7.48. The molecular weight excluding hydrogens is 366 g/mol. The molecule has 152 valence electrons. The van der Waals surface area contributed by atoms with E-state index in [2.05, 4.69) is 11.0 Å². The fraction of sp³-hybridized carbons (Fsp3) is 0.391. The van der Waals surface area contributed by atoms with E-state index in [1.165, 1.54) is 0 Å². The van der Waals surface area contributed by atoms with Crippen LogP contribution in [0.4, 0.5) is 0 Å². The summed E-state index contributed by atoms with van der Waals surface area (Å²) in [7, 11) is 1.62. The molecule has 0 aromatic heterocycles. The number of methoxy groups -OCH3 is 1. The summed E-state index contributed by atoms with van der Waals surface area (Å²) >= 11 is 0. The topological polar surface area (TPSA) is 65.8 Å². The number of carbonyl (C=O) groups excluding carboxylic acids is 1. The van der Waals surface area contributed by atoms with E-state index < -0.39 is 0 Å². The predicted molar refractivity (Wildman–Crippen MR) is 111 cm³/mol. The van der Waals surface area contributed by atoms with Crippen LogP contribution in [0.3, 0.4) is 0 Å².